The van der Waals surface area contributed by atoms with Crippen molar-refractivity contribution in [3.05, 3.63) is 12.4 Å². The van der Waals surface area contributed by atoms with Crippen molar-refractivity contribution in [1.29, 1.82) is 0 Å². The van der Waals surface area contributed by atoms with Gasteiger partial charge in [-0.05, 0) is 0 Å². The molecule has 10 heteroatoms. The number of rotatable bonds is 2. The van der Waals surface area contributed by atoms with Gasteiger partial charge >= 0.3 is 58.4 Å². The molecular formula is C4H5BF3KN2O2S. The second-order valence-corrected chi connectivity index (χ2v) is 4.32. The van der Waals surface area contributed by atoms with Gasteiger partial charge in [0, 0.05) is 12.4 Å². The van der Waals surface area contributed by atoms with Crippen molar-refractivity contribution in [1.82, 2.24) is 9.19 Å². The second kappa shape index (κ2) is 4.66. The molecule has 1 aromatic heterocycles. The summed E-state index contributed by atoms with van der Waals surface area (Å²) in [6.45, 7) is -5.18. The fourth-order valence-corrected chi connectivity index (χ4v) is 1.20. The van der Waals surface area contributed by atoms with Crippen LogP contribution in [-0.2, 0) is 10.0 Å². The Kier molecular flexibility index (Phi) is 4.88. The van der Waals surface area contributed by atoms with E-state index < -0.39 is 22.5 Å². The number of hydrogen-bond acceptors (Lipinski definition) is 3. The molecule has 0 aliphatic carbocycles. The van der Waals surface area contributed by atoms with E-state index in [0.717, 1.165) is 6.26 Å². The van der Waals surface area contributed by atoms with E-state index in [1.807, 2.05) is 0 Å². The van der Waals surface area contributed by atoms with Gasteiger partial charge in [0.25, 0.3) is 10.0 Å². The van der Waals surface area contributed by atoms with E-state index in [-0.39, 0.29) is 55.5 Å². The summed E-state index contributed by atoms with van der Waals surface area (Å²) in [5.41, 5.74) is -1.02. The predicted molar refractivity (Wildman–Crippen MR) is 41.2 cm³/mol. The minimum absolute atomic E-state index is 0. The van der Waals surface area contributed by atoms with E-state index in [1.54, 1.807) is 0 Å². The molecule has 4 nitrogen and oxygen atoms in total. The molecular weight excluding hydrogens is 247 g/mol. The van der Waals surface area contributed by atoms with Gasteiger partial charge < -0.3 is 12.9 Å². The van der Waals surface area contributed by atoms with Gasteiger partial charge in [0.2, 0.25) is 0 Å². The first kappa shape index (κ1) is 14.7. The maximum absolute atomic E-state index is 12.0. The molecule has 0 bridgehead atoms. The molecule has 0 aliphatic heterocycles. The van der Waals surface area contributed by atoms with Gasteiger partial charge in [-0.25, -0.2) is 8.42 Å². The average molecular weight is 252 g/mol. The van der Waals surface area contributed by atoms with Gasteiger partial charge in [0.15, 0.2) is 0 Å². The van der Waals surface area contributed by atoms with Crippen LogP contribution in [0.1, 0.15) is 0 Å². The summed E-state index contributed by atoms with van der Waals surface area (Å²) in [4.78, 5) is 0. The molecule has 0 N–H and O–H groups in total. The Bertz CT molecular complexity index is 414. The molecule has 0 aliphatic rings. The minimum atomic E-state index is -5.18. The van der Waals surface area contributed by atoms with Crippen molar-refractivity contribution in [2.24, 2.45) is 0 Å². The maximum Gasteiger partial charge on any atom is 1.00 e. The molecule has 74 valence electrons. The van der Waals surface area contributed by atoms with Gasteiger partial charge in [0.05, 0.1) is 6.26 Å². The Balaban J connectivity index is 0.00000169. The zero-order valence-corrected chi connectivity index (χ0v) is 11.4. The number of nitrogens with zero attached hydrogens (tertiary/aromatic N) is 2. The monoisotopic (exact) mass is 252 g/mol. The fourth-order valence-electron chi connectivity index (χ4n) is 0.668. The summed E-state index contributed by atoms with van der Waals surface area (Å²) in [7, 11) is -3.73. The van der Waals surface area contributed by atoms with Crippen LogP contribution in [0.3, 0.4) is 0 Å². The second-order valence-electron chi connectivity index (χ2n) is 2.48. The van der Waals surface area contributed by atoms with E-state index in [1.165, 1.54) is 0 Å². The summed E-state index contributed by atoms with van der Waals surface area (Å²) in [5, 5.41) is 3.08. The molecule has 0 atom stereocenters. The summed E-state index contributed by atoms with van der Waals surface area (Å²) >= 11 is 0. The van der Waals surface area contributed by atoms with Gasteiger partial charge in [-0.15, -0.1) is 0 Å². The Hall–Kier alpha value is 0.651. The number of aromatic nitrogens is 2. The summed E-state index contributed by atoms with van der Waals surface area (Å²) < 4.78 is 57.7. The molecule has 0 saturated heterocycles. The van der Waals surface area contributed by atoms with Crippen LogP contribution in [0.5, 0.6) is 0 Å². The van der Waals surface area contributed by atoms with Crippen LogP contribution in [0.15, 0.2) is 12.4 Å². The van der Waals surface area contributed by atoms with Gasteiger partial charge in [0.1, 0.15) is 0 Å². The molecule has 0 radical (unpaired) electrons. The van der Waals surface area contributed by atoms with Gasteiger partial charge in [-0.1, -0.05) is 5.46 Å². The quantitative estimate of drug-likeness (QED) is 0.519. The molecule has 1 aromatic rings. The van der Waals surface area contributed by atoms with Crippen LogP contribution in [-0.4, -0.2) is 30.8 Å². The minimum Gasteiger partial charge on any atom is -0.445 e. The van der Waals surface area contributed by atoms with Crippen LogP contribution >= 0.6 is 0 Å². The largest absolute Gasteiger partial charge is 1.00 e. The number of hydrogen-bond donors (Lipinski definition) is 0. The zero-order chi connectivity index (χ0) is 10.3. The molecule has 14 heavy (non-hydrogen) atoms. The van der Waals surface area contributed by atoms with Crippen LogP contribution in [0.2, 0.25) is 0 Å². The third-order valence-corrected chi connectivity index (χ3v) is 2.18. The van der Waals surface area contributed by atoms with Crippen LogP contribution < -0.4 is 56.8 Å². The topological polar surface area (TPSA) is 52.0 Å². The third-order valence-electron chi connectivity index (χ3n) is 1.30. The molecule has 0 saturated carbocycles. The molecule has 1 rings (SSSR count). The Labute approximate surface area is 121 Å². The van der Waals surface area contributed by atoms with Crippen LogP contribution in [0, 0.1) is 0 Å². The molecule has 1 heterocycles. The fraction of sp³-hybridized carbons (Fsp3) is 0.250. The third kappa shape index (κ3) is 3.66. The van der Waals surface area contributed by atoms with Gasteiger partial charge in [-0.3, -0.25) is 0 Å². The van der Waals surface area contributed by atoms with Crippen LogP contribution in [0.4, 0.5) is 12.9 Å². The maximum atomic E-state index is 12.0. The molecule has 0 aromatic carbocycles. The summed E-state index contributed by atoms with van der Waals surface area (Å²) in [6.07, 6.45) is 1.71. The summed E-state index contributed by atoms with van der Waals surface area (Å²) in [5.74, 6) is 0. The first-order valence-electron chi connectivity index (χ1n) is 3.16. The Morgan fingerprint density at radius 1 is 1.43 bits per heavy atom. The van der Waals surface area contributed by atoms with Crippen molar-refractivity contribution in [3.63, 3.8) is 0 Å². The van der Waals surface area contributed by atoms with E-state index in [9.17, 15) is 21.4 Å². The van der Waals surface area contributed by atoms with Crippen molar-refractivity contribution < 1.29 is 72.7 Å². The van der Waals surface area contributed by atoms with Crippen LogP contribution in [0.25, 0.3) is 0 Å². The van der Waals surface area contributed by atoms with E-state index in [2.05, 4.69) is 5.10 Å². The molecule has 0 spiro atoms. The smallest absolute Gasteiger partial charge is 0.445 e. The number of halogens is 3. The SMILES string of the molecule is CS(=O)(=O)n1cc([B-](F)(F)F)cn1.[K+]. The van der Waals surface area contributed by atoms with Crippen molar-refractivity contribution in [3.8, 4) is 0 Å². The van der Waals surface area contributed by atoms with Crippen molar-refractivity contribution in [2.75, 3.05) is 6.26 Å². The average Bonchev–Trinajstić information content (AvgIpc) is 2.28. The predicted octanol–water partition coefficient (Wildman–Crippen LogP) is -3.25. The van der Waals surface area contributed by atoms with Crippen molar-refractivity contribution in [2.45, 2.75) is 0 Å². The van der Waals surface area contributed by atoms with Gasteiger partial charge in [-0.2, -0.15) is 9.19 Å². The first-order valence-corrected chi connectivity index (χ1v) is 5.01. The zero-order valence-electron chi connectivity index (χ0n) is 7.49. The molecule has 0 fully saturated rings. The molecule has 0 amide bonds. The normalized spacial score (nSPS) is 12.3. The van der Waals surface area contributed by atoms with Crippen molar-refractivity contribution >= 4 is 22.5 Å². The van der Waals surface area contributed by atoms with E-state index in [4.69, 9.17) is 0 Å². The first-order chi connectivity index (χ1) is 5.71. The Morgan fingerprint density at radius 3 is 2.14 bits per heavy atom. The van der Waals surface area contributed by atoms with E-state index >= 15 is 0 Å². The standard InChI is InChI=1S/C4H5BF3N2O2S.K/c1-13(11,12)10-3-4(2-9-10)5(6,7)8;/h2-3H,1H3;/q-1;+1. The molecule has 0 unspecified atom stereocenters. The summed E-state index contributed by atoms with van der Waals surface area (Å²) in [6, 6.07) is 0. The van der Waals surface area contributed by atoms with E-state index in [0.29, 0.717) is 12.4 Å². The Morgan fingerprint density at radius 2 is 1.93 bits per heavy atom.